The van der Waals surface area contributed by atoms with E-state index in [0.29, 0.717) is 0 Å². The molecule has 1 amide bonds. The molecule has 0 spiro atoms. The molecule has 1 unspecified atom stereocenters. The van der Waals surface area contributed by atoms with Crippen LogP contribution in [0.4, 0.5) is 5.69 Å². The summed E-state index contributed by atoms with van der Waals surface area (Å²) in [6.07, 6.45) is 2.63. The third-order valence-corrected chi connectivity index (χ3v) is 4.02. The van der Waals surface area contributed by atoms with E-state index in [0.717, 1.165) is 31.5 Å². The molecule has 2 rings (SSSR count). The minimum Gasteiger partial charge on any atom is -0.320 e. The molecule has 21 heavy (non-hydrogen) atoms. The standard InChI is InChI=1S/C17H26N2O.ClH/c1-5-6-14(18)16(20)19-10-9-12-11-13(17(2,3)4)7-8-15(12)19;/h7-8,11,14H,5-6,9-10,18H2,1-4H3;1H. The molecule has 1 aromatic rings. The number of carbonyl (C=O) groups is 1. The molecule has 0 bridgehead atoms. The van der Waals surface area contributed by atoms with Crippen LogP contribution in [0.15, 0.2) is 18.2 Å². The Balaban J connectivity index is 0.00000220. The molecule has 1 atom stereocenters. The maximum absolute atomic E-state index is 12.4. The van der Waals surface area contributed by atoms with Crippen molar-refractivity contribution in [3.63, 3.8) is 0 Å². The van der Waals surface area contributed by atoms with Gasteiger partial charge in [-0.25, -0.2) is 0 Å². The molecule has 0 aliphatic carbocycles. The number of nitrogens with two attached hydrogens (primary N) is 1. The largest absolute Gasteiger partial charge is 0.320 e. The van der Waals surface area contributed by atoms with Crippen LogP contribution >= 0.6 is 12.4 Å². The molecule has 3 nitrogen and oxygen atoms in total. The number of amides is 1. The molecule has 2 N–H and O–H groups in total. The van der Waals surface area contributed by atoms with E-state index in [1.165, 1.54) is 11.1 Å². The molecule has 0 radical (unpaired) electrons. The summed E-state index contributed by atoms with van der Waals surface area (Å²) in [6.45, 7) is 9.46. The quantitative estimate of drug-likeness (QED) is 0.930. The smallest absolute Gasteiger partial charge is 0.243 e. The maximum Gasteiger partial charge on any atom is 0.243 e. The molecule has 1 aromatic carbocycles. The predicted molar refractivity (Wildman–Crippen MR) is 91.3 cm³/mol. The Bertz CT molecular complexity index is 508. The molecule has 1 aliphatic rings. The van der Waals surface area contributed by atoms with Crippen molar-refractivity contribution in [2.45, 2.75) is 58.4 Å². The number of rotatable bonds is 3. The second-order valence-corrected chi connectivity index (χ2v) is 6.73. The molecule has 1 heterocycles. The fourth-order valence-corrected chi connectivity index (χ4v) is 2.73. The van der Waals surface area contributed by atoms with E-state index in [1.807, 2.05) is 4.90 Å². The second-order valence-electron chi connectivity index (χ2n) is 6.73. The summed E-state index contributed by atoms with van der Waals surface area (Å²) in [5, 5.41) is 0. The molecule has 118 valence electrons. The summed E-state index contributed by atoms with van der Waals surface area (Å²) >= 11 is 0. The van der Waals surface area contributed by atoms with Crippen LogP contribution in [-0.2, 0) is 16.6 Å². The lowest BCUT2D eigenvalue weighted by atomic mass is 9.86. The van der Waals surface area contributed by atoms with E-state index in [9.17, 15) is 4.79 Å². The van der Waals surface area contributed by atoms with E-state index in [-0.39, 0.29) is 29.8 Å². The van der Waals surface area contributed by atoms with Gasteiger partial charge in [0.25, 0.3) is 0 Å². The van der Waals surface area contributed by atoms with E-state index in [1.54, 1.807) is 0 Å². The fourth-order valence-electron chi connectivity index (χ4n) is 2.73. The minimum absolute atomic E-state index is 0. The summed E-state index contributed by atoms with van der Waals surface area (Å²) < 4.78 is 0. The van der Waals surface area contributed by atoms with Crippen LogP contribution in [0.2, 0.25) is 0 Å². The van der Waals surface area contributed by atoms with Crippen molar-refractivity contribution in [2.24, 2.45) is 5.73 Å². The van der Waals surface area contributed by atoms with Crippen molar-refractivity contribution in [1.29, 1.82) is 0 Å². The van der Waals surface area contributed by atoms with Crippen molar-refractivity contribution in [2.75, 3.05) is 11.4 Å². The van der Waals surface area contributed by atoms with E-state index in [4.69, 9.17) is 5.73 Å². The normalized spacial score (nSPS) is 15.4. The lowest BCUT2D eigenvalue weighted by Gasteiger charge is -2.23. The van der Waals surface area contributed by atoms with Gasteiger partial charge in [0.2, 0.25) is 5.91 Å². The highest BCUT2D eigenvalue weighted by Crippen LogP contribution is 2.33. The molecule has 0 saturated heterocycles. The van der Waals surface area contributed by atoms with Crippen molar-refractivity contribution in [3.8, 4) is 0 Å². The Labute approximate surface area is 134 Å². The third kappa shape index (κ3) is 3.78. The maximum atomic E-state index is 12.4. The first-order valence-electron chi connectivity index (χ1n) is 7.55. The molecule has 1 aliphatic heterocycles. The van der Waals surface area contributed by atoms with E-state index >= 15 is 0 Å². The van der Waals surface area contributed by atoms with Gasteiger partial charge in [-0.1, -0.05) is 46.2 Å². The van der Waals surface area contributed by atoms with Crippen molar-refractivity contribution < 1.29 is 4.79 Å². The lowest BCUT2D eigenvalue weighted by Crippen LogP contribution is -2.43. The summed E-state index contributed by atoms with van der Waals surface area (Å²) in [4.78, 5) is 14.2. The average Bonchev–Trinajstić information content (AvgIpc) is 2.79. The number of benzene rings is 1. The Kier molecular flexibility index (Phi) is 5.83. The van der Waals surface area contributed by atoms with E-state index < -0.39 is 0 Å². The van der Waals surface area contributed by atoms with Crippen LogP contribution in [0.3, 0.4) is 0 Å². The van der Waals surface area contributed by atoms with Gasteiger partial charge in [-0.2, -0.15) is 0 Å². The summed E-state index contributed by atoms with van der Waals surface area (Å²) in [5.41, 5.74) is 9.76. The first kappa shape index (κ1) is 18.0. The third-order valence-electron chi connectivity index (χ3n) is 4.02. The van der Waals surface area contributed by atoms with Gasteiger partial charge >= 0.3 is 0 Å². The number of hydrogen-bond acceptors (Lipinski definition) is 2. The van der Waals surface area contributed by atoms with Crippen LogP contribution in [0.25, 0.3) is 0 Å². The molecular weight excluding hydrogens is 284 g/mol. The fraction of sp³-hybridized carbons (Fsp3) is 0.588. The van der Waals surface area contributed by atoms with Crippen LogP contribution in [0, 0.1) is 0 Å². The Morgan fingerprint density at radius 1 is 1.38 bits per heavy atom. The Morgan fingerprint density at radius 2 is 2.05 bits per heavy atom. The van der Waals surface area contributed by atoms with Gasteiger partial charge in [-0.3, -0.25) is 4.79 Å². The first-order valence-corrected chi connectivity index (χ1v) is 7.55. The predicted octanol–water partition coefficient (Wildman–Crippen LogP) is 3.42. The topological polar surface area (TPSA) is 46.3 Å². The Hall–Kier alpha value is -1.06. The van der Waals surface area contributed by atoms with Crippen LogP contribution in [0.1, 0.15) is 51.7 Å². The monoisotopic (exact) mass is 310 g/mol. The van der Waals surface area contributed by atoms with Crippen molar-refractivity contribution in [1.82, 2.24) is 0 Å². The number of carbonyl (C=O) groups excluding carboxylic acids is 1. The zero-order valence-corrected chi connectivity index (χ0v) is 14.3. The first-order chi connectivity index (χ1) is 9.34. The number of anilines is 1. The number of nitrogens with zero attached hydrogens (tertiary/aromatic N) is 1. The van der Waals surface area contributed by atoms with Crippen molar-refractivity contribution >= 4 is 24.0 Å². The number of fused-ring (bicyclic) bond motifs is 1. The van der Waals surface area contributed by atoms with Gasteiger partial charge in [-0.15, -0.1) is 12.4 Å². The van der Waals surface area contributed by atoms with Crippen LogP contribution in [0.5, 0.6) is 0 Å². The van der Waals surface area contributed by atoms with Gasteiger partial charge < -0.3 is 10.6 Å². The van der Waals surface area contributed by atoms with Gasteiger partial charge in [0.1, 0.15) is 0 Å². The Morgan fingerprint density at radius 3 is 2.62 bits per heavy atom. The average molecular weight is 311 g/mol. The summed E-state index contributed by atoms with van der Waals surface area (Å²) in [6, 6.07) is 6.09. The molecule has 0 saturated carbocycles. The van der Waals surface area contributed by atoms with Gasteiger partial charge in [0, 0.05) is 12.2 Å². The highest BCUT2D eigenvalue weighted by atomic mass is 35.5. The molecule has 4 heteroatoms. The number of hydrogen-bond donors (Lipinski definition) is 1. The molecule has 0 aromatic heterocycles. The van der Waals surface area contributed by atoms with Crippen LogP contribution in [-0.4, -0.2) is 18.5 Å². The van der Waals surface area contributed by atoms with Crippen LogP contribution < -0.4 is 10.6 Å². The summed E-state index contributed by atoms with van der Waals surface area (Å²) in [5.74, 6) is 0.0640. The van der Waals surface area contributed by atoms with Gasteiger partial charge in [-0.05, 0) is 35.4 Å². The molecular formula is C17H27ClN2O. The SMILES string of the molecule is CCCC(N)C(=O)N1CCc2cc(C(C)(C)C)ccc21.Cl. The highest BCUT2D eigenvalue weighted by Gasteiger charge is 2.28. The van der Waals surface area contributed by atoms with E-state index in [2.05, 4.69) is 45.9 Å². The minimum atomic E-state index is -0.367. The van der Waals surface area contributed by atoms with Crippen molar-refractivity contribution in [3.05, 3.63) is 29.3 Å². The zero-order valence-electron chi connectivity index (χ0n) is 13.5. The molecule has 0 fully saturated rings. The second kappa shape index (κ2) is 6.80. The lowest BCUT2D eigenvalue weighted by molar-refractivity contribution is -0.119. The summed E-state index contributed by atoms with van der Waals surface area (Å²) in [7, 11) is 0. The highest BCUT2D eigenvalue weighted by molar-refractivity contribution is 5.98. The van der Waals surface area contributed by atoms with Gasteiger partial charge in [0.15, 0.2) is 0 Å². The number of halogens is 1. The zero-order chi connectivity index (χ0) is 14.9. The van der Waals surface area contributed by atoms with Gasteiger partial charge in [0.05, 0.1) is 6.04 Å².